The third-order valence-electron chi connectivity index (χ3n) is 4.31. The van der Waals surface area contributed by atoms with E-state index in [0.29, 0.717) is 5.89 Å². The highest BCUT2D eigenvalue weighted by atomic mass is 16.3. The fourth-order valence-electron chi connectivity index (χ4n) is 2.80. The Balaban J connectivity index is 2.05. The van der Waals surface area contributed by atoms with Crippen LogP contribution in [0.4, 0.5) is 5.69 Å². The zero-order valence-electron chi connectivity index (χ0n) is 15.7. The molecule has 2 aromatic carbocycles. The van der Waals surface area contributed by atoms with Crippen LogP contribution in [-0.4, -0.2) is 10.9 Å². The lowest BCUT2D eigenvalue weighted by Crippen LogP contribution is -2.27. The van der Waals surface area contributed by atoms with Crippen LogP contribution in [0.15, 0.2) is 34.7 Å². The molecule has 130 valence electrons. The van der Waals surface area contributed by atoms with E-state index in [1.807, 2.05) is 58.9 Å². The second-order valence-electron chi connectivity index (χ2n) is 7.63. The van der Waals surface area contributed by atoms with Crippen molar-refractivity contribution < 1.29 is 9.21 Å². The standard InChI is InChI=1S/C21H24N2O2/c1-12-10-13(2)18-17(11-12)22-19(25-18)15-8-7-9-16(14(15)3)23-20(24)21(4,5)6/h7-11H,1-6H3,(H,23,24). The zero-order valence-corrected chi connectivity index (χ0v) is 15.7. The number of carbonyl (C=O) groups excluding carboxylic acids is 1. The minimum atomic E-state index is -0.450. The van der Waals surface area contributed by atoms with Crippen molar-refractivity contribution in [1.82, 2.24) is 4.98 Å². The van der Waals surface area contributed by atoms with Gasteiger partial charge in [0, 0.05) is 16.7 Å². The van der Waals surface area contributed by atoms with Crippen molar-refractivity contribution in [2.24, 2.45) is 5.41 Å². The van der Waals surface area contributed by atoms with Gasteiger partial charge in [-0.2, -0.15) is 0 Å². The van der Waals surface area contributed by atoms with E-state index < -0.39 is 5.41 Å². The molecule has 0 atom stereocenters. The molecule has 1 N–H and O–H groups in total. The van der Waals surface area contributed by atoms with Gasteiger partial charge in [0.2, 0.25) is 11.8 Å². The molecule has 25 heavy (non-hydrogen) atoms. The highest BCUT2D eigenvalue weighted by Gasteiger charge is 2.22. The van der Waals surface area contributed by atoms with E-state index in [2.05, 4.69) is 23.3 Å². The lowest BCUT2D eigenvalue weighted by Gasteiger charge is -2.19. The summed E-state index contributed by atoms with van der Waals surface area (Å²) < 4.78 is 6.02. The van der Waals surface area contributed by atoms with Gasteiger partial charge in [0.15, 0.2) is 5.58 Å². The third kappa shape index (κ3) is 3.29. The lowest BCUT2D eigenvalue weighted by atomic mass is 9.95. The van der Waals surface area contributed by atoms with Crippen molar-refractivity contribution in [3.8, 4) is 11.5 Å². The molecule has 0 fully saturated rings. The second-order valence-corrected chi connectivity index (χ2v) is 7.63. The molecule has 0 aliphatic rings. The Morgan fingerprint density at radius 1 is 1.12 bits per heavy atom. The number of oxazole rings is 1. The molecule has 4 nitrogen and oxygen atoms in total. The van der Waals surface area contributed by atoms with Crippen LogP contribution in [0.1, 0.15) is 37.5 Å². The van der Waals surface area contributed by atoms with Crippen LogP contribution in [0.25, 0.3) is 22.6 Å². The normalized spacial score (nSPS) is 11.8. The summed E-state index contributed by atoms with van der Waals surface area (Å²) in [7, 11) is 0. The van der Waals surface area contributed by atoms with Gasteiger partial charge >= 0.3 is 0 Å². The van der Waals surface area contributed by atoms with Crippen molar-refractivity contribution >= 4 is 22.7 Å². The lowest BCUT2D eigenvalue weighted by molar-refractivity contribution is -0.123. The summed E-state index contributed by atoms with van der Waals surface area (Å²) >= 11 is 0. The van der Waals surface area contributed by atoms with Crippen molar-refractivity contribution in [3.05, 3.63) is 47.0 Å². The van der Waals surface area contributed by atoms with Crippen molar-refractivity contribution in [3.63, 3.8) is 0 Å². The van der Waals surface area contributed by atoms with Crippen molar-refractivity contribution in [1.29, 1.82) is 0 Å². The smallest absolute Gasteiger partial charge is 0.229 e. The maximum absolute atomic E-state index is 12.3. The number of carbonyl (C=O) groups is 1. The third-order valence-corrected chi connectivity index (χ3v) is 4.31. The van der Waals surface area contributed by atoms with E-state index in [-0.39, 0.29) is 5.91 Å². The number of hydrogen-bond acceptors (Lipinski definition) is 3. The second kappa shape index (κ2) is 6.03. The molecule has 0 radical (unpaired) electrons. The minimum Gasteiger partial charge on any atom is -0.436 e. The average Bonchev–Trinajstić information content (AvgIpc) is 2.92. The Morgan fingerprint density at radius 3 is 2.52 bits per heavy atom. The predicted molar refractivity (Wildman–Crippen MR) is 102 cm³/mol. The summed E-state index contributed by atoms with van der Waals surface area (Å²) in [6, 6.07) is 9.89. The number of aromatic nitrogens is 1. The molecule has 0 aliphatic carbocycles. The molecular formula is C21H24N2O2. The fourth-order valence-corrected chi connectivity index (χ4v) is 2.80. The molecule has 0 bridgehead atoms. The van der Waals surface area contributed by atoms with Crippen LogP contribution in [0, 0.1) is 26.2 Å². The van der Waals surface area contributed by atoms with Crippen LogP contribution in [0.5, 0.6) is 0 Å². The van der Waals surface area contributed by atoms with Gasteiger partial charge in [-0.15, -0.1) is 0 Å². The first-order valence-corrected chi connectivity index (χ1v) is 8.46. The first-order valence-electron chi connectivity index (χ1n) is 8.46. The van der Waals surface area contributed by atoms with E-state index in [1.54, 1.807) is 0 Å². The monoisotopic (exact) mass is 336 g/mol. The summed E-state index contributed by atoms with van der Waals surface area (Å²) in [6.07, 6.45) is 0. The number of rotatable bonds is 2. The summed E-state index contributed by atoms with van der Waals surface area (Å²) in [5.74, 6) is 0.560. The highest BCUT2D eigenvalue weighted by Crippen LogP contribution is 2.32. The first kappa shape index (κ1) is 17.2. The highest BCUT2D eigenvalue weighted by molar-refractivity contribution is 5.96. The summed E-state index contributed by atoms with van der Waals surface area (Å²) in [4.78, 5) is 17.0. The summed E-state index contributed by atoms with van der Waals surface area (Å²) in [5.41, 5.74) is 6.07. The van der Waals surface area contributed by atoms with Gasteiger partial charge in [-0.25, -0.2) is 4.98 Å². The van der Waals surface area contributed by atoms with Gasteiger partial charge < -0.3 is 9.73 Å². The molecule has 4 heteroatoms. The van der Waals surface area contributed by atoms with Gasteiger partial charge in [0.25, 0.3) is 0 Å². The maximum atomic E-state index is 12.3. The predicted octanol–water partition coefficient (Wildman–Crippen LogP) is 5.40. The SMILES string of the molecule is Cc1cc(C)c2oc(-c3cccc(NC(=O)C(C)(C)C)c3C)nc2c1. The van der Waals surface area contributed by atoms with E-state index >= 15 is 0 Å². The summed E-state index contributed by atoms with van der Waals surface area (Å²) in [6.45, 7) is 11.7. The molecule has 3 aromatic rings. The molecule has 0 aliphatic heterocycles. The van der Waals surface area contributed by atoms with Crippen LogP contribution in [-0.2, 0) is 4.79 Å². The Bertz CT molecular complexity index is 962. The molecule has 1 aromatic heterocycles. The molecule has 0 saturated heterocycles. The molecule has 0 spiro atoms. The van der Waals surface area contributed by atoms with Crippen LogP contribution >= 0.6 is 0 Å². The Hall–Kier alpha value is -2.62. The summed E-state index contributed by atoms with van der Waals surface area (Å²) in [5, 5.41) is 3.01. The van der Waals surface area contributed by atoms with Gasteiger partial charge in [-0.1, -0.05) is 32.9 Å². The minimum absolute atomic E-state index is 0.0169. The van der Waals surface area contributed by atoms with E-state index in [4.69, 9.17) is 4.42 Å². The van der Waals surface area contributed by atoms with E-state index in [0.717, 1.165) is 39.0 Å². The van der Waals surface area contributed by atoms with E-state index in [1.165, 1.54) is 0 Å². The van der Waals surface area contributed by atoms with Crippen molar-refractivity contribution in [2.75, 3.05) is 5.32 Å². The molecule has 3 rings (SSSR count). The average molecular weight is 336 g/mol. The largest absolute Gasteiger partial charge is 0.436 e. The number of fused-ring (bicyclic) bond motifs is 1. The Morgan fingerprint density at radius 2 is 1.84 bits per heavy atom. The first-order chi connectivity index (χ1) is 11.7. The number of nitrogens with zero attached hydrogens (tertiary/aromatic N) is 1. The number of aryl methyl sites for hydroxylation is 2. The van der Waals surface area contributed by atoms with Gasteiger partial charge in [0.1, 0.15) is 5.52 Å². The van der Waals surface area contributed by atoms with Crippen molar-refractivity contribution in [2.45, 2.75) is 41.5 Å². The van der Waals surface area contributed by atoms with Crippen LogP contribution in [0.3, 0.4) is 0 Å². The zero-order chi connectivity index (χ0) is 18.4. The topological polar surface area (TPSA) is 55.1 Å². The number of nitrogens with one attached hydrogen (secondary N) is 1. The molecular weight excluding hydrogens is 312 g/mol. The Kier molecular flexibility index (Phi) is 4.15. The number of anilines is 1. The molecule has 0 unspecified atom stereocenters. The van der Waals surface area contributed by atoms with Gasteiger partial charge in [0.05, 0.1) is 0 Å². The van der Waals surface area contributed by atoms with Gasteiger partial charge in [-0.05, 0) is 55.7 Å². The fraction of sp³-hybridized carbons (Fsp3) is 0.333. The number of amides is 1. The van der Waals surface area contributed by atoms with E-state index in [9.17, 15) is 4.79 Å². The maximum Gasteiger partial charge on any atom is 0.229 e. The van der Waals surface area contributed by atoms with Crippen LogP contribution in [0.2, 0.25) is 0 Å². The quantitative estimate of drug-likeness (QED) is 0.681. The number of hydrogen-bond donors (Lipinski definition) is 1. The number of benzene rings is 2. The molecule has 0 saturated carbocycles. The Labute approximate surface area is 148 Å². The van der Waals surface area contributed by atoms with Gasteiger partial charge in [-0.3, -0.25) is 4.79 Å². The molecule has 1 heterocycles. The molecule has 1 amide bonds. The van der Waals surface area contributed by atoms with Crippen LogP contribution < -0.4 is 5.32 Å².